The molecule has 0 aliphatic carbocycles. The quantitative estimate of drug-likeness (QED) is 0.734. The molecule has 4 rings (SSSR count). The van der Waals surface area contributed by atoms with Crippen molar-refractivity contribution in [1.29, 1.82) is 0 Å². The molecule has 0 spiro atoms. The minimum absolute atomic E-state index is 0.0933. The highest BCUT2D eigenvalue weighted by molar-refractivity contribution is 7.89. The number of benzene rings is 2. The van der Waals surface area contributed by atoms with Crippen LogP contribution in [0.4, 0.5) is 14.9 Å². The molecular formula is C21H22FN3O5S. The lowest BCUT2D eigenvalue weighted by Gasteiger charge is -2.15. The Morgan fingerprint density at radius 3 is 2.35 bits per heavy atom. The maximum atomic E-state index is 13.1. The fourth-order valence-electron chi connectivity index (χ4n) is 3.62. The lowest BCUT2D eigenvalue weighted by atomic mass is 10.2. The Bertz CT molecular complexity index is 1070. The Kier molecular flexibility index (Phi) is 5.92. The number of carbonyl (C=O) groups is 2. The van der Waals surface area contributed by atoms with Crippen molar-refractivity contribution in [3.05, 3.63) is 59.9 Å². The minimum atomic E-state index is -3.53. The number of rotatable bonds is 6. The van der Waals surface area contributed by atoms with E-state index < -0.39 is 33.9 Å². The van der Waals surface area contributed by atoms with E-state index in [0.717, 1.165) is 12.8 Å². The number of amides is 2. The zero-order valence-corrected chi connectivity index (χ0v) is 17.5. The van der Waals surface area contributed by atoms with E-state index in [1.54, 1.807) is 0 Å². The molecule has 2 saturated heterocycles. The topological polar surface area (TPSA) is 96.0 Å². The standard InChI is InChI=1S/C21H22FN3O5S/c22-16-5-7-17(8-6-16)25-14-18(30-21(25)27)13-23-20(26)15-3-9-19(10-4-15)31(28,29)24-11-1-2-12-24/h3-10,18H,1-2,11-14H2,(H,23,26). The highest BCUT2D eigenvalue weighted by atomic mass is 32.2. The molecule has 31 heavy (non-hydrogen) atoms. The van der Waals surface area contributed by atoms with E-state index in [0.29, 0.717) is 24.3 Å². The van der Waals surface area contributed by atoms with E-state index in [-0.39, 0.29) is 18.0 Å². The summed E-state index contributed by atoms with van der Waals surface area (Å²) in [6.07, 6.45) is 0.576. The monoisotopic (exact) mass is 447 g/mol. The summed E-state index contributed by atoms with van der Waals surface area (Å²) in [6.45, 7) is 1.34. The maximum absolute atomic E-state index is 13.1. The largest absolute Gasteiger partial charge is 0.442 e. The van der Waals surface area contributed by atoms with E-state index >= 15 is 0 Å². The first-order valence-corrected chi connectivity index (χ1v) is 11.4. The molecule has 8 nitrogen and oxygen atoms in total. The Morgan fingerprint density at radius 2 is 1.71 bits per heavy atom. The molecule has 0 radical (unpaired) electrons. The summed E-state index contributed by atoms with van der Waals surface area (Å²) < 4.78 is 44.9. The first kappa shape index (κ1) is 21.3. The van der Waals surface area contributed by atoms with Gasteiger partial charge >= 0.3 is 6.09 Å². The van der Waals surface area contributed by atoms with Crippen LogP contribution in [0.2, 0.25) is 0 Å². The smallest absolute Gasteiger partial charge is 0.414 e. The zero-order chi connectivity index (χ0) is 22.0. The molecule has 1 atom stereocenters. The first-order chi connectivity index (χ1) is 14.8. The molecule has 1 unspecified atom stereocenters. The summed E-state index contributed by atoms with van der Waals surface area (Å²) in [7, 11) is -3.53. The van der Waals surface area contributed by atoms with Gasteiger partial charge in [-0.1, -0.05) is 0 Å². The maximum Gasteiger partial charge on any atom is 0.414 e. The van der Waals surface area contributed by atoms with E-state index in [4.69, 9.17) is 4.74 Å². The van der Waals surface area contributed by atoms with E-state index in [2.05, 4.69) is 5.32 Å². The van der Waals surface area contributed by atoms with Crippen LogP contribution in [-0.4, -0.2) is 57.0 Å². The second-order valence-electron chi connectivity index (χ2n) is 7.44. The number of hydrogen-bond donors (Lipinski definition) is 1. The lowest BCUT2D eigenvalue weighted by molar-refractivity contribution is 0.0916. The van der Waals surface area contributed by atoms with Gasteiger partial charge in [-0.05, 0) is 61.4 Å². The molecule has 0 saturated carbocycles. The fraction of sp³-hybridized carbons (Fsp3) is 0.333. The summed E-state index contributed by atoms with van der Waals surface area (Å²) in [4.78, 5) is 26.0. The zero-order valence-electron chi connectivity index (χ0n) is 16.7. The van der Waals surface area contributed by atoms with Crippen LogP contribution in [-0.2, 0) is 14.8 Å². The molecule has 0 bridgehead atoms. The van der Waals surface area contributed by atoms with Gasteiger partial charge in [-0.3, -0.25) is 9.69 Å². The third kappa shape index (κ3) is 4.54. The Morgan fingerprint density at radius 1 is 1.06 bits per heavy atom. The van der Waals surface area contributed by atoms with Crippen molar-refractivity contribution in [2.24, 2.45) is 0 Å². The van der Waals surface area contributed by atoms with Crippen LogP contribution >= 0.6 is 0 Å². The molecule has 2 heterocycles. The molecule has 2 fully saturated rings. The third-order valence-electron chi connectivity index (χ3n) is 5.32. The number of sulfonamides is 1. The van der Waals surface area contributed by atoms with Gasteiger partial charge in [0.05, 0.1) is 18.0 Å². The molecule has 2 aliphatic rings. The summed E-state index contributed by atoms with van der Waals surface area (Å²) in [6, 6.07) is 11.2. The van der Waals surface area contributed by atoms with Crippen LogP contribution in [0.1, 0.15) is 23.2 Å². The highest BCUT2D eigenvalue weighted by Gasteiger charge is 2.32. The summed E-state index contributed by atoms with van der Waals surface area (Å²) >= 11 is 0. The van der Waals surface area contributed by atoms with Crippen molar-refractivity contribution in [2.45, 2.75) is 23.8 Å². The average Bonchev–Trinajstić information content (AvgIpc) is 3.43. The fourth-order valence-corrected chi connectivity index (χ4v) is 5.14. The van der Waals surface area contributed by atoms with Gasteiger partial charge in [-0.25, -0.2) is 17.6 Å². The number of anilines is 1. The predicted molar refractivity (Wildman–Crippen MR) is 111 cm³/mol. The number of cyclic esters (lactones) is 1. The molecular weight excluding hydrogens is 425 g/mol. The number of hydrogen-bond acceptors (Lipinski definition) is 5. The molecule has 2 aromatic carbocycles. The van der Waals surface area contributed by atoms with Gasteiger partial charge in [0.2, 0.25) is 10.0 Å². The number of carbonyl (C=O) groups excluding carboxylic acids is 2. The lowest BCUT2D eigenvalue weighted by Crippen LogP contribution is -2.34. The van der Waals surface area contributed by atoms with Crippen LogP contribution in [0.25, 0.3) is 0 Å². The second-order valence-corrected chi connectivity index (χ2v) is 9.38. The van der Waals surface area contributed by atoms with Crippen molar-refractivity contribution >= 4 is 27.7 Å². The third-order valence-corrected chi connectivity index (χ3v) is 7.23. The Hall–Kier alpha value is -2.98. The van der Waals surface area contributed by atoms with Gasteiger partial charge in [0.15, 0.2) is 0 Å². The SMILES string of the molecule is O=C(NCC1CN(c2ccc(F)cc2)C(=O)O1)c1ccc(S(=O)(=O)N2CCCC2)cc1. The summed E-state index contributed by atoms with van der Waals surface area (Å²) in [5.74, 6) is -0.805. The normalized spacial score (nSPS) is 19.5. The average molecular weight is 447 g/mol. The first-order valence-electron chi connectivity index (χ1n) is 9.97. The van der Waals surface area contributed by atoms with Crippen molar-refractivity contribution in [1.82, 2.24) is 9.62 Å². The van der Waals surface area contributed by atoms with E-state index in [1.807, 2.05) is 0 Å². The number of nitrogens with one attached hydrogen (secondary N) is 1. The Labute approximate surface area is 179 Å². The van der Waals surface area contributed by atoms with Gasteiger partial charge < -0.3 is 10.1 Å². The second kappa shape index (κ2) is 8.64. The van der Waals surface area contributed by atoms with Crippen LogP contribution < -0.4 is 10.2 Å². The summed E-state index contributed by atoms with van der Waals surface area (Å²) in [5.41, 5.74) is 0.815. The highest BCUT2D eigenvalue weighted by Crippen LogP contribution is 2.23. The predicted octanol–water partition coefficient (Wildman–Crippen LogP) is 2.37. The van der Waals surface area contributed by atoms with E-state index in [1.165, 1.54) is 57.7 Å². The molecule has 1 N–H and O–H groups in total. The van der Waals surface area contributed by atoms with Crippen LogP contribution in [0.5, 0.6) is 0 Å². The number of nitrogens with zero attached hydrogens (tertiary/aromatic N) is 2. The molecule has 2 aromatic rings. The number of ether oxygens (including phenoxy) is 1. The van der Waals surface area contributed by atoms with Crippen molar-refractivity contribution in [3.8, 4) is 0 Å². The van der Waals surface area contributed by atoms with Gasteiger partial charge in [0.1, 0.15) is 11.9 Å². The molecule has 10 heteroatoms. The molecule has 2 amide bonds. The van der Waals surface area contributed by atoms with Crippen molar-refractivity contribution < 1.29 is 27.1 Å². The Balaban J connectivity index is 1.34. The van der Waals surface area contributed by atoms with Gasteiger partial charge in [0, 0.05) is 24.3 Å². The van der Waals surface area contributed by atoms with Gasteiger partial charge in [-0.2, -0.15) is 4.31 Å². The summed E-state index contributed by atoms with van der Waals surface area (Å²) in [5, 5.41) is 2.69. The number of halogens is 1. The van der Waals surface area contributed by atoms with E-state index in [9.17, 15) is 22.4 Å². The van der Waals surface area contributed by atoms with Gasteiger partial charge in [-0.15, -0.1) is 0 Å². The van der Waals surface area contributed by atoms with Crippen LogP contribution in [0, 0.1) is 5.82 Å². The van der Waals surface area contributed by atoms with Gasteiger partial charge in [0.25, 0.3) is 5.91 Å². The molecule has 164 valence electrons. The van der Waals surface area contributed by atoms with Crippen molar-refractivity contribution in [3.63, 3.8) is 0 Å². The van der Waals surface area contributed by atoms with Crippen molar-refractivity contribution in [2.75, 3.05) is 31.1 Å². The van der Waals surface area contributed by atoms with Crippen LogP contribution in [0.15, 0.2) is 53.4 Å². The van der Waals surface area contributed by atoms with Crippen LogP contribution in [0.3, 0.4) is 0 Å². The minimum Gasteiger partial charge on any atom is -0.442 e. The molecule has 2 aliphatic heterocycles. The molecule has 0 aromatic heterocycles.